The lowest BCUT2D eigenvalue weighted by Gasteiger charge is -2.37. The second-order valence-corrected chi connectivity index (χ2v) is 7.66. The SMILES string of the molecule is COC(=O)c1cnc(Oc2ccc(Cl)c([C@@H](C)[C@@](O)(c3ccnc(Cl)c3)C(F)(F)F)c2)cn1. The summed E-state index contributed by atoms with van der Waals surface area (Å²) in [6.07, 6.45) is -1.74. The van der Waals surface area contributed by atoms with Gasteiger partial charge in [0, 0.05) is 17.1 Å². The molecule has 0 bridgehead atoms. The number of esters is 1. The van der Waals surface area contributed by atoms with Crippen LogP contribution < -0.4 is 4.74 Å². The number of ether oxygens (including phenoxy) is 2. The van der Waals surface area contributed by atoms with Crippen LogP contribution in [0.5, 0.6) is 11.6 Å². The van der Waals surface area contributed by atoms with Crippen molar-refractivity contribution in [1.82, 2.24) is 15.0 Å². The zero-order chi connectivity index (χ0) is 24.4. The van der Waals surface area contributed by atoms with Gasteiger partial charge in [-0.1, -0.05) is 30.1 Å². The van der Waals surface area contributed by atoms with Gasteiger partial charge in [-0.2, -0.15) is 13.2 Å². The lowest BCUT2D eigenvalue weighted by molar-refractivity contribution is -0.274. The lowest BCUT2D eigenvalue weighted by atomic mass is 9.78. The minimum atomic E-state index is -5.08. The first kappa shape index (κ1) is 24.7. The van der Waals surface area contributed by atoms with E-state index in [1.165, 1.54) is 32.2 Å². The third-order valence-corrected chi connectivity index (χ3v) is 5.46. The van der Waals surface area contributed by atoms with Crippen LogP contribution >= 0.6 is 23.2 Å². The Bertz CT molecular complexity index is 1160. The van der Waals surface area contributed by atoms with Gasteiger partial charge >= 0.3 is 12.1 Å². The molecule has 0 unspecified atom stereocenters. The molecule has 174 valence electrons. The second kappa shape index (κ2) is 9.50. The molecule has 3 rings (SSSR count). The molecular weight excluding hydrogens is 486 g/mol. The minimum absolute atomic E-state index is 0.0233. The van der Waals surface area contributed by atoms with Crippen molar-refractivity contribution in [3.05, 3.63) is 75.9 Å². The number of rotatable bonds is 6. The molecule has 0 saturated carbocycles. The van der Waals surface area contributed by atoms with E-state index in [-0.39, 0.29) is 33.1 Å². The van der Waals surface area contributed by atoms with Crippen molar-refractivity contribution >= 4 is 29.2 Å². The average molecular weight is 502 g/mol. The molecule has 0 aliphatic heterocycles. The Balaban J connectivity index is 1.98. The number of alkyl halides is 3. The molecule has 12 heteroatoms. The maximum Gasteiger partial charge on any atom is 0.422 e. The van der Waals surface area contributed by atoms with Crippen LogP contribution in [0.25, 0.3) is 0 Å². The van der Waals surface area contributed by atoms with Crippen LogP contribution in [-0.4, -0.2) is 39.3 Å². The predicted octanol–water partition coefficient (Wildman–Crippen LogP) is 5.31. The van der Waals surface area contributed by atoms with Crippen LogP contribution in [0.3, 0.4) is 0 Å². The van der Waals surface area contributed by atoms with Crippen molar-refractivity contribution in [3.63, 3.8) is 0 Å². The standard InChI is InChI=1S/C21H16Cl2F3N3O4/c1-11(20(31,21(24,25)26)12-5-6-27-17(23)7-12)14-8-13(3-4-15(14)22)33-18-10-28-16(9-29-18)19(30)32-2/h3-11,31H,1-2H3/t11-,20-/m1/s1. The molecule has 0 aliphatic rings. The van der Waals surface area contributed by atoms with Crippen LogP contribution in [0.1, 0.15) is 34.5 Å². The fourth-order valence-corrected chi connectivity index (χ4v) is 3.60. The Hall–Kier alpha value is -2.95. The number of nitrogens with zero attached hydrogens (tertiary/aromatic N) is 3. The van der Waals surface area contributed by atoms with Gasteiger partial charge < -0.3 is 14.6 Å². The normalized spacial score (nSPS) is 14.3. The van der Waals surface area contributed by atoms with E-state index in [1.807, 2.05) is 0 Å². The maximum absolute atomic E-state index is 14.1. The summed E-state index contributed by atoms with van der Waals surface area (Å²) in [5.74, 6) is -2.21. The maximum atomic E-state index is 14.1. The number of halogens is 5. The van der Waals surface area contributed by atoms with E-state index in [4.69, 9.17) is 27.9 Å². The molecule has 1 aromatic carbocycles. The van der Waals surface area contributed by atoms with E-state index in [1.54, 1.807) is 0 Å². The molecule has 3 aromatic rings. The highest BCUT2D eigenvalue weighted by atomic mass is 35.5. The van der Waals surface area contributed by atoms with Gasteiger partial charge in [0.15, 0.2) is 11.3 Å². The highest BCUT2D eigenvalue weighted by Gasteiger charge is 2.59. The Morgan fingerprint density at radius 3 is 2.39 bits per heavy atom. The van der Waals surface area contributed by atoms with Crippen LogP contribution in [0.4, 0.5) is 13.2 Å². The smallest absolute Gasteiger partial charge is 0.422 e. The molecule has 2 heterocycles. The number of benzene rings is 1. The molecule has 0 aliphatic carbocycles. The topological polar surface area (TPSA) is 94.4 Å². The number of aliphatic hydroxyl groups is 1. The van der Waals surface area contributed by atoms with E-state index in [9.17, 15) is 23.1 Å². The van der Waals surface area contributed by atoms with Gasteiger partial charge in [-0.3, -0.25) is 0 Å². The molecule has 2 atom stereocenters. The van der Waals surface area contributed by atoms with E-state index in [0.717, 1.165) is 30.7 Å². The van der Waals surface area contributed by atoms with Gasteiger partial charge in [0.1, 0.15) is 10.9 Å². The van der Waals surface area contributed by atoms with Gasteiger partial charge in [-0.15, -0.1) is 0 Å². The molecule has 0 spiro atoms. The monoisotopic (exact) mass is 501 g/mol. The molecule has 0 amide bonds. The molecule has 2 aromatic heterocycles. The largest absolute Gasteiger partial charge is 0.464 e. The number of carbonyl (C=O) groups excluding carboxylic acids is 1. The fourth-order valence-electron chi connectivity index (χ4n) is 3.14. The second-order valence-electron chi connectivity index (χ2n) is 6.87. The minimum Gasteiger partial charge on any atom is -0.464 e. The summed E-state index contributed by atoms with van der Waals surface area (Å²) < 4.78 is 52.4. The van der Waals surface area contributed by atoms with Crippen LogP contribution in [0, 0.1) is 0 Å². The van der Waals surface area contributed by atoms with Crippen molar-refractivity contribution in [3.8, 4) is 11.6 Å². The first-order valence-corrected chi connectivity index (χ1v) is 10.0. The molecule has 33 heavy (non-hydrogen) atoms. The zero-order valence-electron chi connectivity index (χ0n) is 17.1. The highest BCUT2D eigenvalue weighted by molar-refractivity contribution is 6.31. The summed E-state index contributed by atoms with van der Waals surface area (Å²) in [7, 11) is 1.19. The van der Waals surface area contributed by atoms with Crippen LogP contribution in [0.2, 0.25) is 10.2 Å². The fraction of sp³-hybridized carbons (Fsp3) is 0.238. The molecule has 0 fully saturated rings. The van der Waals surface area contributed by atoms with Gasteiger partial charge in [0.2, 0.25) is 5.88 Å². The van der Waals surface area contributed by atoms with E-state index in [0.29, 0.717) is 0 Å². The summed E-state index contributed by atoms with van der Waals surface area (Å²) in [6, 6.07) is 5.96. The van der Waals surface area contributed by atoms with Crippen molar-refractivity contribution in [2.24, 2.45) is 0 Å². The van der Waals surface area contributed by atoms with Gasteiger partial charge in [0.25, 0.3) is 0 Å². The van der Waals surface area contributed by atoms with Crippen molar-refractivity contribution in [1.29, 1.82) is 0 Å². The first-order valence-electron chi connectivity index (χ1n) is 9.26. The summed E-state index contributed by atoms with van der Waals surface area (Å²) in [4.78, 5) is 22.9. The highest BCUT2D eigenvalue weighted by Crippen LogP contribution is 2.50. The Labute approximate surface area is 196 Å². The Morgan fingerprint density at radius 1 is 1.09 bits per heavy atom. The van der Waals surface area contributed by atoms with E-state index < -0.39 is 29.2 Å². The molecule has 0 radical (unpaired) electrons. The van der Waals surface area contributed by atoms with Crippen LogP contribution in [-0.2, 0) is 10.3 Å². The first-order chi connectivity index (χ1) is 15.5. The quantitative estimate of drug-likeness (QED) is 0.361. The number of methoxy groups -OCH3 is 1. The molecule has 1 N–H and O–H groups in total. The number of aromatic nitrogens is 3. The summed E-state index contributed by atoms with van der Waals surface area (Å²) >= 11 is 11.9. The molecular formula is C21H16Cl2F3N3O4. The summed E-state index contributed by atoms with van der Waals surface area (Å²) in [5.41, 5.74) is -3.92. The van der Waals surface area contributed by atoms with Crippen molar-refractivity contribution in [2.45, 2.75) is 24.6 Å². The Kier molecular flexibility index (Phi) is 7.11. The lowest BCUT2D eigenvalue weighted by Crippen LogP contribution is -2.46. The summed E-state index contributed by atoms with van der Waals surface area (Å²) in [5, 5.41) is 10.7. The number of carbonyl (C=O) groups is 1. The zero-order valence-corrected chi connectivity index (χ0v) is 18.6. The van der Waals surface area contributed by atoms with Gasteiger partial charge in [-0.05, 0) is 41.5 Å². The third kappa shape index (κ3) is 5.02. The number of hydrogen-bond acceptors (Lipinski definition) is 7. The van der Waals surface area contributed by atoms with Crippen molar-refractivity contribution in [2.75, 3.05) is 7.11 Å². The molecule has 0 saturated heterocycles. The predicted molar refractivity (Wildman–Crippen MR) is 113 cm³/mol. The number of hydrogen-bond donors (Lipinski definition) is 1. The van der Waals surface area contributed by atoms with Gasteiger partial charge in [-0.25, -0.2) is 19.7 Å². The van der Waals surface area contributed by atoms with Crippen LogP contribution in [0.15, 0.2) is 48.9 Å². The van der Waals surface area contributed by atoms with E-state index >= 15 is 0 Å². The molecule has 7 nitrogen and oxygen atoms in total. The Morgan fingerprint density at radius 2 is 1.82 bits per heavy atom. The van der Waals surface area contributed by atoms with Crippen molar-refractivity contribution < 1.29 is 32.5 Å². The third-order valence-electron chi connectivity index (χ3n) is 4.90. The average Bonchev–Trinajstić information content (AvgIpc) is 2.78. The summed E-state index contributed by atoms with van der Waals surface area (Å²) in [6.45, 7) is 1.18. The number of pyridine rings is 1. The van der Waals surface area contributed by atoms with Gasteiger partial charge in [0.05, 0.1) is 19.5 Å². The van der Waals surface area contributed by atoms with E-state index in [2.05, 4.69) is 19.7 Å².